The Hall–Kier alpha value is -0.420. The fourth-order valence-electron chi connectivity index (χ4n) is 2.84. The van der Waals surface area contributed by atoms with Crippen molar-refractivity contribution in [1.82, 2.24) is 15.1 Å². The predicted molar refractivity (Wildman–Crippen MR) is 88.6 cm³/mol. The van der Waals surface area contributed by atoms with Crippen molar-refractivity contribution in [2.45, 2.75) is 19.3 Å². The van der Waals surface area contributed by atoms with E-state index in [4.69, 9.17) is 0 Å². The van der Waals surface area contributed by atoms with E-state index in [-0.39, 0.29) is 0 Å². The Morgan fingerprint density at radius 2 is 2.15 bits per heavy atom. The second-order valence-corrected chi connectivity index (χ2v) is 6.92. The van der Waals surface area contributed by atoms with Crippen LogP contribution in [-0.2, 0) is 6.42 Å². The molecule has 20 heavy (non-hydrogen) atoms. The summed E-state index contributed by atoms with van der Waals surface area (Å²) in [5.41, 5.74) is 1.46. The molecular formula is C16H29N3S. The van der Waals surface area contributed by atoms with Gasteiger partial charge in [0.25, 0.3) is 0 Å². The molecule has 3 nitrogen and oxygen atoms in total. The van der Waals surface area contributed by atoms with Crippen LogP contribution in [0.25, 0.3) is 0 Å². The van der Waals surface area contributed by atoms with Crippen molar-refractivity contribution in [2.24, 2.45) is 5.92 Å². The molecule has 0 spiro atoms. The Bertz CT molecular complexity index is 345. The monoisotopic (exact) mass is 295 g/mol. The van der Waals surface area contributed by atoms with Crippen LogP contribution in [0.2, 0.25) is 0 Å². The highest BCUT2D eigenvalue weighted by Crippen LogP contribution is 2.16. The van der Waals surface area contributed by atoms with Gasteiger partial charge in [-0.2, -0.15) is 11.3 Å². The number of likely N-dealkylation sites (N-methyl/N-ethyl adjacent to an activating group) is 1. The molecule has 1 fully saturated rings. The Balaban J connectivity index is 1.48. The van der Waals surface area contributed by atoms with Gasteiger partial charge in [0.05, 0.1) is 0 Å². The lowest BCUT2D eigenvalue weighted by molar-refractivity contribution is 0.176. The first-order valence-electron chi connectivity index (χ1n) is 7.83. The van der Waals surface area contributed by atoms with Gasteiger partial charge < -0.3 is 15.1 Å². The van der Waals surface area contributed by atoms with Gasteiger partial charge in [-0.15, -0.1) is 0 Å². The fourth-order valence-corrected chi connectivity index (χ4v) is 3.54. The molecule has 0 aromatic carbocycles. The minimum Gasteiger partial charge on any atom is -0.315 e. The first kappa shape index (κ1) is 16.0. The average molecular weight is 295 g/mol. The molecule has 1 aliphatic heterocycles. The smallest absolute Gasteiger partial charge is 0.0104 e. The number of hydrogen-bond acceptors (Lipinski definition) is 4. The highest BCUT2D eigenvalue weighted by Gasteiger charge is 2.17. The van der Waals surface area contributed by atoms with Gasteiger partial charge in [0.15, 0.2) is 0 Å². The van der Waals surface area contributed by atoms with Gasteiger partial charge in [0.1, 0.15) is 0 Å². The van der Waals surface area contributed by atoms with Crippen LogP contribution in [0.1, 0.15) is 18.4 Å². The van der Waals surface area contributed by atoms with Crippen LogP contribution < -0.4 is 5.32 Å². The molecule has 0 unspecified atom stereocenters. The lowest BCUT2D eigenvalue weighted by Crippen LogP contribution is -2.38. The largest absolute Gasteiger partial charge is 0.315 e. The summed E-state index contributed by atoms with van der Waals surface area (Å²) < 4.78 is 0. The van der Waals surface area contributed by atoms with Crippen molar-refractivity contribution in [3.63, 3.8) is 0 Å². The molecule has 0 bridgehead atoms. The molecule has 0 atom stereocenters. The highest BCUT2D eigenvalue weighted by molar-refractivity contribution is 7.07. The summed E-state index contributed by atoms with van der Waals surface area (Å²) in [5.74, 6) is 0.905. The highest BCUT2D eigenvalue weighted by atomic mass is 32.1. The molecule has 0 amide bonds. The van der Waals surface area contributed by atoms with Gasteiger partial charge in [-0.1, -0.05) is 0 Å². The SMILES string of the molecule is CN1CCC(CN(C)CCNCCc2ccsc2)CC1. The maximum Gasteiger partial charge on any atom is 0.0104 e. The molecule has 1 saturated heterocycles. The number of rotatable bonds is 8. The summed E-state index contributed by atoms with van der Waals surface area (Å²) in [4.78, 5) is 4.94. The number of thiophene rings is 1. The second kappa shape index (κ2) is 8.78. The molecule has 0 radical (unpaired) electrons. The number of hydrogen-bond donors (Lipinski definition) is 1. The molecule has 1 N–H and O–H groups in total. The van der Waals surface area contributed by atoms with E-state index in [9.17, 15) is 0 Å². The third-order valence-corrected chi connectivity index (χ3v) is 4.98. The predicted octanol–water partition coefficient (Wildman–Crippen LogP) is 2.15. The quantitative estimate of drug-likeness (QED) is 0.742. The van der Waals surface area contributed by atoms with Crippen molar-refractivity contribution in [2.75, 3.05) is 53.4 Å². The minimum atomic E-state index is 0.905. The summed E-state index contributed by atoms with van der Waals surface area (Å²) in [6.07, 6.45) is 3.89. The van der Waals surface area contributed by atoms with Crippen molar-refractivity contribution in [3.05, 3.63) is 22.4 Å². The van der Waals surface area contributed by atoms with E-state index >= 15 is 0 Å². The first-order chi connectivity index (χ1) is 9.74. The second-order valence-electron chi connectivity index (χ2n) is 6.14. The lowest BCUT2D eigenvalue weighted by atomic mass is 9.97. The van der Waals surface area contributed by atoms with Crippen LogP contribution in [-0.4, -0.2) is 63.2 Å². The van der Waals surface area contributed by atoms with Crippen LogP contribution in [0.4, 0.5) is 0 Å². The van der Waals surface area contributed by atoms with Crippen molar-refractivity contribution in [1.29, 1.82) is 0 Å². The zero-order valence-corrected chi connectivity index (χ0v) is 13.8. The van der Waals surface area contributed by atoms with Gasteiger partial charge in [-0.25, -0.2) is 0 Å². The molecule has 0 aliphatic carbocycles. The summed E-state index contributed by atoms with van der Waals surface area (Å²) >= 11 is 1.79. The summed E-state index contributed by atoms with van der Waals surface area (Å²) in [6, 6.07) is 2.22. The number of nitrogens with zero attached hydrogens (tertiary/aromatic N) is 2. The van der Waals surface area contributed by atoms with E-state index in [2.05, 4.69) is 46.0 Å². The number of piperidine rings is 1. The first-order valence-corrected chi connectivity index (χ1v) is 8.77. The van der Waals surface area contributed by atoms with Gasteiger partial charge in [-0.05, 0) is 81.3 Å². The maximum atomic E-state index is 3.55. The maximum absolute atomic E-state index is 3.55. The van der Waals surface area contributed by atoms with Crippen LogP contribution in [0, 0.1) is 5.92 Å². The molecule has 0 saturated carbocycles. The zero-order valence-electron chi connectivity index (χ0n) is 13.0. The van der Waals surface area contributed by atoms with Gasteiger partial charge in [-0.3, -0.25) is 0 Å². The molecule has 114 valence electrons. The minimum absolute atomic E-state index is 0.905. The molecule has 1 aliphatic rings. The van der Waals surface area contributed by atoms with E-state index < -0.39 is 0 Å². The van der Waals surface area contributed by atoms with Crippen LogP contribution in [0.3, 0.4) is 0 Å². The summed E-state index contributed by atoms with van der Waals surface area (Å²) in [6.45, 7) is 7.18. The van der Waals surface area contributed by atoms with E-state index in [0.29, 0.717) is 0 Å². The molecule has 4 heteroatoms. The third kappa shape index (κ3) is 5.92. The normalized spacial score (nSPS) is 17.9. The van der Waals surface area contributed by atoms with E-state index in [1.54, 1.807) is 11.3 Å². The average Bonchev–Trinajstić information content (AvgIpc) is 2.94. The van der Waals surface area contributed by atoms with Crippen molar-refractivity contribution < 1.29 is 0 Å². The Morgan fingerprint density at radius 3 is 2.85 bits per heavy atom. The third-order valence-electron chi connectivity index (χ3n) is 4.25. The topological polar surface area (TPSA) is 18.5 Å². The molecule has 1 aromatic rings. The van der Waals surface area contributed by atoms with E-state index in [1.807, 2.05) is 0 Å². The van der Waals surface area contributed by atoms with Crippen LogP contribution in [0.5, 0.6) is 0 Å². The van der Waals surface area contributed by atoms with Crippen molar-refractivity contribution in [3.8, 4) is 0 Å². The summed E-state index contributed by atoms with van der Waals surface area (Å²) in [5, 5.41) is 7.96. The van der Waals surface area contributed by atoms with Crippen molar-refractivity contribution >= 4 is 11.3 Å². The fraction of sp³-hybridized carbons (Fsp3) is 0.750. The standard InChI is InChI=1S/C16H29N3S/c1-18-9-4-15(5-10-18)13-19(2)11-8-17-7-3-16-6-12-20-14-16/h6,12,14-15,17H,3-5,7-11,13H2,1-2H3. The van der Waals surface area contributed by atoms with Gasteiger partial charge in [0, 0.05) is 19.6 Å². The lowest BCUT2D eigenvalue weighted by Gasteiger charge is -2.31. The molecule has 2 rings (SSSR count). The number of likely N-dealkylation sites (tertiary alicyclic amines) is 1. The Kier molecular flexibility index (Phi) is 7.00. The summed E-state index contributed by atoms with van der Waals surface area (Å²) in [7, 11) is 4.50. The van der Waals surface area contributed by atoms with Gasteiger partial charge >= 0.3 is 0 Å². The Morgan fingerprint density at radius 1 is 1.35 bits per heavy atom. The van der Waals surface area contributed by atoms with Crippen LogP contribution >= 0.6 is 11.3 Å². The van der Waals surface area contributed by atoms with Crippen LogP contribution in [0.15, 0.2) is 16.8 Å². The number of nitrogens with one attached hydrogen (secondary N) is 1. The zero-order chi connectivity index (χ0) is 14.2. The Labute approximate surface area is 128 Å². The van der Waals surface area contributed by atoms with E-state index in [0.717, 1.165) is 32.0 Å². The molecular weight excluding hydrogens is 266 g/mol. The molecule has 1 aromatic heterocycles. The van der Waals surface area contributed by atoms with E-state index in [1.165, 1.54) is 38.0 Å². The van der Waals surface area contributed by atoms with Gasteiger partial charge in [0.2, 0.25) is 0 Å². The molecule has 2 heterocycles.